The second kappa shape index (κ2) is 1.93. The fourth-order valence-electron chi connectivity index (χ4n) is 0.592. The van der Waals surface area contributed by atoms with Gasteiger partial charge in [0.2, 0.25) is 0 Å². The van der Waals surface area contributed by atoms with Gasteiger partial charge in [-0.1, -0.05) is 0 Å². The first-order valence-corrected chi connectivity index (χ1v) is 2.68. The molecule has 0 unspecified atom stereocenters. The van der Waals surface area contributed by atoms with E-state index < -0.39 is 0 Å². The van der Waals surface area contributed by atoms with E-state index in [0.29, 0.717) is 11.4 Å². The van der Waals surface area contributed by atoms with Gasteiger partial charge < -0.3 is 11.5 Å². The molecule has 0 bridgehead atoms. The van der Waals surface area contributed by atoms with Crippen LogP contribution in [-0.2, 0) is 0 Å². The molecule has 1 rings (SSSR count). The fourth-order valence-corrected chi connectivity index (χ4v) is 0.592. The molecule has 0 saturated carbocycles. The lowest BCUT2D eigenvalue weighted by atomic mass is 10.3. The van der Waals surface area contributed by atoms with Gasteiger partial charge in [0, 0.05) is 5.69 Å². The van der Waals surface area contributed by atoms with Crippen molar-refractivity contribution in [2.75, 3.05) is 11.5 Å². The zero-order chi connectivity index (χ0) is 6.85. The van der Waals surface area contributed by atoms with Crippen molar-refractivity contribution in [1.82, 2.24) is 4.98 Å². The van der Waals surface area contributed by atoms with E-state index in [4.69, 9.17) is 11.5 Å². The van der Waals surface area contributed by atoms with Gasteiger partial charge in [0.15, 0.2) is 0 Å². The van der Waals surface area contributed by atoms with Crippen molar-refractivity contribution in [3.05, 3.63) is 18.0 Å². The van der Waals surface area contributed by atoms with Gasteiger partial charge in [-0.25, -0.2) is 0 Å². The summed E-state index contributed by atoms with van der Waals surface area (Å²) in [5.74, 6) is 0. The Kier molecular flexibility index (Phi) is 1.26. The molecule has 0 amide bonds. The molecule has 4 N–H and O–H groups in total. The summed E-state index contributed by atoms with van der Waals surface area (Å²) in [6.07, 6.45) is 1.56. The molecule has 1 heterocycles. The van der Waals surface area contributed by atoms with E-state index in [1.807, 2.05) is 6.92 Å². The third-order valence-corrected chi connectivity index (χ3v) is 1.10. The van der Waals surface area contributed by atoms with Gasteiger partial charge in [0.25, 0.3) is 0 Å². The molecular weight excluding hydrogens is 114 g/mol. The van der Waals surface area contributed by atoms with Gasteiger partial charge in [0.05, 0.1) is 17.6 Å². The minimum absolute atomic E-state index is 0.542. The Bertz CT molecular complexity index is 220. The Morgan fingerprint density at radius 3 is 2.44 bits per heavy atom. The number of anilines is 2. The molecule has 3 nitrogen and oxygen atoms in total. The number of rotatable bonds is 0. The average molecular weight is 123 g/mol. The maximum absolute atomic E-state index is 5.46. The number of aromatic nitrogens is 1. The Balaban J connectivity index is 3.17. The van der Waals surface area contributed by atoms with E-state index >= 15 is 0 Å². The highest BCUT2D eigenvalue weighted by Crippen LogP contribution is 2.11. The zero-order valence-electron chi connectivity index (χ0n) is 5.26. The van der Waals surface area contributed by atoms with Crippen molar-refractivity contribution in [1.29, 1.82) is 0 Å². The fraction of sp³-hybridized carbons (Fsp3) is 0.167. The third-order valence-electron chi connectivity index (χ3n) is 1.10. The van der Waals surface area contributed by atoms with Crippen LogP contribution in [-0.4, -0.2) is 4.98 Å². The number of aryl methyl sites for hydroxylation is 1. The molecule has 0 saturated heterocycles. The smallest absolute Gasteiger partial charge is 0.0734 e. The zero-order valence-corrected chi connectivity index (χ0v) is 5.26. The van der Waals surface area contributed by atoms with Gasteiger partial charge >= 0.3 is 0 Å². The van der Waals surface area contributed by atoms with E-state index in [1.54, 1.807) is 12.3 Å². The van der Waals surface area contributed by atoms with Crippen LogP contribution in [0.1, 0.15) is 5.69 Å². The molecule has 1 aromatic heterocycles. The number of nitrogen functional groups attached to an aromatic ring is 2. The quantitative estimate of drug-likeness (QED) is 0.529. The highest BCUT2D eigenvalue weighted by molar-refractivity contribution is 5.61. The largest absolute Gasteiger partial charge is 0.397 e. The molecule has 0 aliphatic rings. The lowest BCUT2D eigenvalue weighted by Gasteiger charge is -1.97. The van der Waals surface area contributed by atoms with E-state index in [2.05, 4.69) is 4.98 Å². The summed E-state index contributed by atoms with van der Waals surface area (Å²) in [5.41, 5.74) is 12.9. The number of nitrogens with two attached hydrogens (primary N) is 2. The molecule has 0 spiro atoms. The highest BCUT2D eigenvalue weighted by Gasteiger charge is 1.91. The number of hydrogen-bond donors (Lipinski definition) is 2. The molecule has 0 atom stereocenters. The van der Waals surface area contributed by atoms with E-state index in [0.717, 1.165) is 5.69 Å². The summed E-state index contributed by atoms with van der Waals surface area (Å²) in [6.45, 7) is 1.87. The van der Waals surface area contributed by atoms with Crippen molar-refractivity contribution in [2.24, 2.45) is 0 Å². The summed E-state index contributed by atoms with van der Waals surface area (Å²) in [5, 5.41) is 0. The van der Waals surface area contributed by atoms with Crippen LogP contribution in [0.25, 0.3) is 0 Å². The lowest BCUT2D eigenvalue weighted by molar-refractivity contribution is 1.21. The molecule has 3 heteroatoms. The van der Waals surface area contributed by atoms with Gasteiger partial charge in [-0.3, -0.25) is 4.98 Å². The average Bonchev–Trinajstić information content (AvgIpc) is 1.80. The standard InChI is InChI=1S/C6H9N3/c1-4-2-5(7)6(8)3-9-4/h2-3H,8H2,1H3,(H2,7,9). The van der Waals surface area contributed by atoms with Gasteiger partial charge in [0.1, 0.15) is 0 Å². The van der Waals surface area contributed by atoms with Crippen LogP contribution in [0.5, 0.6) is 0 Å². The molecule has 0 aliphatic carbocycles. The van der Waals surface area contributed by atoms with Crippen molar-refractivity contribution in [2.45, 2.75) is 6.92 Å². The van der Waals surface area contributed by atoms with Gasteiger partial charge in [-0.2, -0.15) is 0 Å². The summed E-state index contributed by atoms with van der Waals surface area (Å²) >= 11 is 0. The highest BCUT2D eigenvalue weighted by atomic mass is 14.8. The van der Waals surface area contributed by atoms with Crippen LogP contribution in [0, 0.1) is 6.92 Å². The predicted molar refractivity (Wildman–Crippen MR) is 37.8 cm³/mol. The Morgan fingerprint density at radius 1 is 1.33 bits per heavy atom. The third kappa shape index (κ3) is 1.10. The van der Waals surface area contributed by atoms with Crippen molar-refractivity contribution < 1.29 is 0 Å². The summed E-state index contributed by atoms with van der Waals surface area (Å²) in [6, 6.07) is 1.75. The summed E-state index contributed by atoms with van der Waals surface area (Å²) < 4.78 is 0. The maximum atomic E-state index is 5.46. The molecule has 1 aromatic rings. The number of nitrogens with zero attached hydrogens (tertiary/aromatic N) is 1. The van der Waals surface area contributed by atoms with Crippen LogP contribution in [0.4, 0.5) is 11.4 Å². The van der Waals surface area contributed by atoms with Crippen molar-refractivity contribution >= 4 is 11.4 Å². The van der Waals surface area contributed by atoms with Crippen LogP contribution < -0.4 is 11.5 Å². The predicted octanol–water partition coefficient (Wildman–Crippen LogP) is 0.554. The molecule has 48 valence electrons. The monoisotopic (exact) mass is 123 g/mol. The first kappa shape index (κ1) is 5.88. The van der Waals surface area contributed by atoms with E-state index in [-0.39, 0.29) is 0 Å². The minimum atomic E-state index is 0.542. The molecule has 0 aliphatic heterocycles. The van der Waals surface area contributed by atoms with Crippen LogP contribution in [0.15, 0.2) is 12.3 Å². The second-order valence-electron chi connectivity index (χ2n) is 1.95. The normalized spacial score (nSPS) is 9.44. The van der Waals surface area contributed by atoms with Crippen LogP contribution in [0.2, 0.25) is 0 Å². The molecule has 9 heavy (non-hydrogen) atoms. The minimum Gasteiger partial charge on any atom is -0.397 e. The topological polar surface area (TPSA) is 64.9 Å². The summed E-state index contributed by atoms with van der Waals surface area (Å²) in [7, 11) is 0. The molecular formula is C6H9N3. The second-order valence-corrected chi connectivity index (χ2v) is 1.95. The number of hydrogen-bond acceptors (Lipinski definition) is 3. The van der Waals surface area contributed by atoms with Crippen LogP contribution in [0.3, 0.4) is 0 Å². The SMILES string of the molecule is Cc1cc(N)c(N)cn1. The Hall–Kier alpha value is -1.25. The van der Waals surface area contributed by atoms with Gasteiger partial charge in [-0.15, -0.1) is 0 Å². The van der Waals surface area contributed by atoms with Crippen molar-refractivity contribution in [3.63, 3.8) is 0 Å². The molecule has 0 aromatic carbocycles. The first-order valence-electron chi connectivity index (χ1n) is 2.68. The van der Waals surface area contributed by atoms with Crippen LogP contribution >= 0.6 is 0 Å². The Morgan fingerprint density at radius 2 is 2.00 bits per heavy atom. The lowest BCUT2D eigenvalue weighted by Crippen LogP contribution is -1.95. The number of pyridine rings is 1. The maximum Gasteiger partial charge on any atom is 0.0734 e. The molecule has 0 fully saturated rings. The van der Waals surface area contributed by atoms with Crippen molar-refractivity contribution in [3.8, 4) is 0 Å². The van der Waals surface area contributed by atoms with E-state index in [1.165, 1.54) is 0 Å². The summed E-state index contributed by atoms with van der Waals surface area (Å²) in [4.78, 5) is 3.93. The Labute approximate surface area is 53.7 Å². The first-order chi connectivity index (χ1) is 4.20. The van der Waals surface area contributed by atoms with E-state index in [9.17, 15) is 0 Å². The molecule has 0 radical (unpaired) electrons. The van der Waals surface area contributed by atoms with Gasteiger partial charge in [-0.05, 0) is 13.0 Å².